The van der Waals surface area contributed by atoms with Gasteiger partial charge in [-0.15, -0.1) is 4.98 Å². The molecule has 2 rings (SSSR count). The molecule has 1 N–H and O–H groups in total. The van der Waals surface area contributed by atoms with Gasteiger partial charge in [0.2, 0.25) is 5.95 Å². The molecule has 2 aromatic heterocycles. The Morgan fingerprint density at radius 2 is 1.95 bits per heavy atom. The number of hydrogen-bond donors (Lipinski definition) is 1. The summed E-state index contributed by atoms with van der Waals surface area (Å²) in [5.74, 6) is 1.01. The Hall–Kier alpha value is -2.38. The van der Waals surface area contributed by atoms with Crippen molar-refractivity contribution in [2.24, 2.45) is 0 Å². The Kier molecular flexibility index (Phi) is 5.30. The van der Waals surface area contributed by atoms with Crippen molar-refractivity contribution in [2.75, 3.05) is 18.5 Å². The highest BCUT2D eigenvalue weighted by molar-refractivity contribution is 5.28. The molecule has 0 spiro atoms. The van der Waals surface area contributed by atoms with E-state index in [1.165, 1.54) is 0 Å². The maximum atomic E-state index is 5.61. The first-order valence-corrected chi connectivity index (χ1v) is 7.08. The fourth-order valence-electron chi connectivity index (χ4n) is 1.67. The molecular formula is C13H20N6O2. The van der Waals surface area contributed by atoms with Gasteiger partial charge in [-0.1, -0.05) is 6.92 Å². The van der Waals surface area contributed by atoms with Crippen LogP contribution in [0.1, 0.15) is 27.2 Å². The van der Waals surface area contributed by atoms with Crippen molar-refractivity contribution in [1.29, 1.82) is 0 Å². The number of aromatic nitrogens is 5. The molecule has 0 aliphatic carbocycles. The van der Waals surface area contributed by atoms with E-state index in [4.69, 9.17) is 9.47 Å². The van der Waals surface area contributed by atoms with Crippen molar-refractivity contribution in [1.82, 2.24) is 24.7 Å². The van der Waals surface area contributed by atoms with E-state index in [2.05, 4.69) is 32.3 Å². The SMILES string of the molecule is CCCn1cc(Oc2nc(NCC)nc(OCC)n2)cn1. The van der Waals surface area contributed by atoms with Crippen molar-refractivity contribution in [2.45, 2.75) is 33.7 Å². The maximum absolute atomic E-state index is 5.61. The van der Waals surface area contributed by atoms with E-state index < -0.39 is 0 Å². The normalized spacial score (nSPS) is 10.4. The van der Waals surface area contributed by atoms with Crippen LogP contribution in [0.3, 0.4) is 0 Å². The van der Waals surface area contributed by atoms with E-state index in [1.807, 2.05) is 18.5 Å². The Morgan fingerprint density at radius 1 is 1.14 bits per heavy atom. The number of ether oxygens (including phenoxy) is 2. The van der Waals surface area contributed by atoms with Crippen LogP contribution in [0.5, 0.6) is 17.8 Å². The van der Waals surface area contributed by atoms with Gasteiger partial charge in [-0.05, 0) is 20.3 Å². The zero-order valence-corrected chi connectivity index (χ0v) is 12.5. The number of aryl methyl sites for hydroxylation is 1. The third kappa shape index (κ3) is 4.30. The molecule has 0 aromatic carbocycles. The second-order valence-corrected chi connectivity index (χ2v) is 4.23. The second-order valence-electron chi connectivity index (χ2n) is 4.23. The van der Waals surface area contributed by atoms with Gasteiger partial charge in [-0.2, -0.15) is 15.1 Å². The standard InChI is InChI=1S/C13H20N6O2/c1-4-7-19-9-10(8-15-19)21-13-17-11(14-5-2)16-12(18-13)20-6-3/h8-9H,4-7H2,1-3H3,(H,14,16,17,18). The Morgan fingerprint density at radius 3 is 2.67 bits per heavy atom. The van der Waals surface area contributed by atoms with Gasteiger partial charge in [0.1, 0.15) is 0 Å². The van der Waals surface area contributed by atoms with Crippen LogP contribution in [0.15, 0.2) is 12.4 Å². The van der Waals surface area contributed by atoms with Gasteiger partial charge in [-0.3, -0.25) is 4.68 Å². The molecule has 8 heteroatoms. The lowest BCUT2D eigenvalue weighted by molar-refractivity contribution is 0.304. The summed E-state index contributed by atoms with van der Waals surface area (Å²) >= 11 is 0. The predicted octanol–water partition coefficient (Wildman–Crippen LogP) is 2.10. The average Bonchev–Trinajstić information content (AvgIpc) is 2.87. The molecule has 0 radical (unpaired) electrons. The molecule has 0 aliphatic rings. The van der Waals surface area contributed by atoms with Crippen molar-refractivity contribution in [3.8, 4) is 17.8 Å². The molecule has 0 bridgehead atoms. The highest BCUT2D eigenvalue weighted by Gasteiger charge is 2.10. The monoisotopic (exact) mass is 292 g/mol. The van der Waals surface area contributed by atoms with Crippen molar-refractivity contribution >= 4 is 5.95 Å². The summed E-state index contributed by atoms with van der Waals surface area (Å²) in [7, 11) is 0. The maximum Gasteiger partial charge on any atom is 0.330 e. The van der Waals surface area contributed by atoms with Gasteiger partial charge >= 0.3 is 12.0 Å². The summed E-state index contributed by atoms with van der Waals surface area (Å²) in [6, 6.07) is 0.417. The van der Waals surface area contributed by atoms with Gasteiger partial charge in [0.25, 0.3) is 0 Å². The van der Waals surface area contributed by atoms with Crippen molar-refractivity contribution in [3.63, 3.8) is 0 Å². The van der Waals surface area contributed by atoms with Crippen LogP contribution in [0, 0.1) is 0 Å². The number of anilines is 1. The van der Waals surface area contributed by atoms with Crippen LogP contribution >= 0.6 is 0 Å². The predicted molar refractivity (Wildman–Crippen MR) is 77.8 cm³/mol. The lowest BCUT2D eigenvalue weighted by atomic mass is 10.5. The molecule has 0 saturated carbocycles. The lowest BCUT2D eigenvalue weighted by Crippen LogP contribution is -2.07. The topological polar surface area (TPSA) is 87.0 Å². The summed E-state index contributed by atoms with van der Waals surface area (Å²) in [6.45, 7) is 7.93. The number of nitrogens with zero attached hydrogens (tertiary/aromatic N) is 5. The molecule has 2 heterocycles. The zero-order valence-electron chi connectivity index (χ0n) is 12.5. The smallest absolute Gasteiger partial charge is 0.330 e. The van der Waals surface area contributed by atoms with E-state index in [0.29, 0.717) is 24.8 Å². The van der Waals surface area contributed by atoms with E-state index in [1.54, 1.807) is 12.4 Å². The van der Waals surface area contributed by atoms with E-state index >= 15 is 0 Å². The summed E-state index contributed by atoms with van der Waals surface area (Å²) in [4.78, 5) is 12.4. The molecule has 0 fully saturated rings. The Labute approximate surface area is 123 Å². The Bertz CT molecular complexity index is 547. The van der Waals surface area contributed by atoms with Crippen LogP contribution in [0.25, 0.3) is 0 Å². The van der Waals surface area contributed by atoms with E-state index in [-0.39, 0.29) is 12.0 Å². The van der Waals surface area contributed by atoms with Gasteiger partial charge < -0.3 is 14.8 Å². The van der Waals surface area contributed by atoms with Crippen molar-refractivity contribution in [3.05, 3.63) is 12.4 Å². The molecule has 0 atom stereocenters. The minimum atomic E-state index is 0.181. The highest BCUT2D eigenvalue weighted by atomic mass is 16.5. The fraction of sp³-hybridized carbons (Fsp3) is 0.538. The molecular weight excluding hydrogens is 272 g/mol. The summed E-state index contributed by atoms with van der Waals surface area (Å²) in [5.41, 5.74) is 0. The highest BCUT2D eigenvalue weighted by Crippen LogP contribution is 2.20. The third-order valence-corrected chi connectivity index (χ3v) is 2.47. The number of hydrogen-bond acceptors (Lipinski definition) is 7. The fourth-order valence-corrected chi connectivity index (χ4v) is 1.67. The molecule has 114 valence electrons. The molecule has 0 amide bonds. The minimum Gasteiger partial charge on any atom is -0.464 e. The minimum absolute atomic E-state index is 0.181. The van der Waals surface area contributed by atoms with Gasteiger partial charge in [-0.25, -0.2) is 0 Å². The van der Waals surface area contributed by atoms with Crippen LogP contribution in [0.2, 0.25) is 0 Å². The molecule has 2 aromatic rings. The quantitative estimate of drug-likeness (QED) is 0.797. The first kappa shape index (κ1) is 15.0. The summed E-state index contributed by atoms with van der Waals surface area (Å²) in [6.07, 6.45) is 4.44. The Balaban J connectivity index is 2.16. The van der Waals surface area contributed by atoms with Crippen molar-refractivity contribution < 1.29 is 9.47 Å². The van der Waals surface area contributed by atoms with Gasteiger partial charge in [0.05, 0.1) is 19.0 Å². The van der Waals surface area contributed by atoms with Gasteiger partial charge in [0, 0.05) is 13.1 Å². The lowest BCUT2D eigenvalue weighted by Gasteiger charge is -2.07. The molecule has 21 heavy (non-hydrogen) atoms. The molecule has 0 unspecified atom stereocenters. The van der Waals surface area contributed by atoms with Crippen LogP contribution in [0.4, 0.5) is 5.95 Å². The first-order chi connectivity index (χ1) is 10.2. The average molecular weight is 292 g/mol. The van der Waals surface area contributed by atoms with Crippen LogP contribution < -0.4 is 14.8 Å². The summed E-state index contributed by atoms with van der Waals surface area (Å²) < 4.78 is 12.7. The summed E-state index contributed by atoms with van der Waals surface area (Å²) in [5, 5.41) is 7.21. The zero-order chi connectivity index (χ0) is 15.1. The van der Waals surface area contributed by atoms with Crippen LogP contribution in [-0.4, -0.2) is 37.9 Å². The van der Waals surface area contributed by atoms with E-state index in [0.717, 1.165) is 13.0 Å². The van der Waals surface area contributed by atoms with Crippen LogP contribution in [-0.2, 0) is 6.54 Å². The largest absolute Gasteiger partial charge is 0.464 e. The first-order valence-electron chi connectivity index (χ1n) is 7.08. The number of nitrogens with one attached hydrogen (secondary N) is 1. The third-order valence-electron chi connectivity index (χ3n) is 2.47. The van der Waals surface area contributed by atoms with E-state index in [9.17, 15) is 0 Å². The molecule has 0 aliphatic heterocycles. The molecule has 0 saturated heterocycles. The van der Waals surface area contributed by atoms with Gasteiger partial charge in [0.15, 0.2) is 5.75 Å². The molecule has 8 nitrogen and oxygen atoms in total. The number of rotatable bonds is 8. The second kappa shape index (κ2) is 7.41.